The summed E-state index contributed by atoms with van der Waals surface area (Å²) in [6, 6.07) is 0. The fraction of sp³-hybridized carbons (Fsp3) is 1.00. The van der Waals surface area contributed by atoms with Gasteiger partial charge in [0.1, 0.15) is 0 Å². The molecule has 16 heavy (non-hydrogen) atoms. The molecule has 0 aromatic rings. The Morgan fingerprint density at radius 1 is 0.750 bits per heavy atom. The highest BCUT2D eigenvalue weighted by molar-refractivity contribution is 4.61. The van der Waals surface area contributed by atoms with Crippen LogP contribution < -0.4 is 0 Å². The standard InChI is InChI=1S/C14H30O2/c1-12(15-10-8-13(2,3)4)16-11-9-14(5,6)7/h12H,8-11H2,1-7H3. The van der Waals surface area contributed by atoms with Crippen molar-refractivity contribution in [3.05, 3.63) is 0 Å². The molecule has 0 saturated heterocycles. The van der Waals surface area contributed by atoms with Crippen LogP contribution in [0.3, 0.4) is 0 Å². The molecule has 2 nitrogen and oxygen atoms in total. The van der Waals surface area contributed by atoms with E-state index in [4.69, 9.17) is 9.47 Å². The summed E-state index contributed by atoms with van der Waals surface area (Å²) in [5.41, 5.74) is 0.677. The van der Waals surface area contributed by atoms with Gasteiger partial charge >= 0.3 is 0 Å². The van der Waals surface area contributed by atoms with Crippen LogP contribution in [0.2, 0.25) is 0 Å². The Labute approximate surface area is 102 Å². The van der Waals surface area contributed by atoms with Gasteiger partial charge in [-0.25, -0.2) is 0 Å². The normalized spacial score (nSPS) is 13.5. The van der Waals surface area contributed by atoms with Gasteiger partial charge in [0.05, 0.1) is 13.2 Å². The van der Waals surface area contributed by atoms with Crippen molar-refractivity contribution in [2.24, 2.45) is 10.8 Å². The van der Waals surface area contributed by atoms with Crippen molar-refractivity contribution in [1.82, 2.24) is 0 Å². The summed E-state index contributed by atoms with van der Waals surface area (Å²) >= 11 is 0. The Morgan fingerprint density at radius 2 is 1.06 bits per heavy atom. The van der Waals surface area contributed by atoms with Crippen molar-refractivity contribution in [2.75, 3.05) is 13.2 Å². The van der Waals surface area contributed by atoms with Crippen molar-refractivity contribution >= 4 is 0 Å². The lowest BCUT2D eigenvalue weighted by Crippen LogP contribution is -2.19. The Bertz CT molecular complexity index is 154. The maximum atomic E-state index is 5.61. The number of hydrogen-bond acceptors (Lipinski definition) is 2. The second kappa shape index (κ2) is 6.61. The molecule has 0 radical (unpaired) electrons. The van der Waals surface area contributed by atoms with Crippen LogP contribution in [0, 0.1) is 10.8 Å². The van der Waals surface area contributed by atoms with Gasteiger partial charge in [0.15, 0.2) is 6.29 Å². The first kappa shape index (κ1) is 15.9. The highest BCUT2D eigenvalue weighted by Gasteiger charge is 2.13. The molecule has 0 unspecified atom stereocenters. The quantitative estimate of drug-likeness (QED) is 0.635. The summed E-state index contributed by atoms with van der Waals surface area (Å²) in [6.45, 7) is 16.9. The molecular formula is C14H30O2. The molecule has 0 saturated carbocycles. The monoisotopic (exact) mass is 230 g/mol. The molecule has 0 heterocycles. The van der Waals surface area contributed by atoms with Crippen molar-refractivity contribution in [2.45, 2.75) is 67.6 Å². The molecule has 0 aliphatic heterocycles. The average Bonchev–Trinajstić information content (AvgIpc) is 1.98. The van der Waals surface area contributed by atoms with Gasteiger partial charge in [-0.2, -0.15) is 0 Å². The molecule has 0 aliphatic rings. The molecule has 0 rings (SSSR count). The number of ether oxygens (including phenoxy) is 2. The Balaban J connectivity index is 3.49. The predicted octanol–water partition coefficient (Wildman–Crippen LogP) is 4.24. The largest absolute Gasteiger partial charge is 0.353 e. The van der Waals surface area contributed by atoms with E-state index in [2.05, 4.69) is 41.5 Å². The molecule has 0 aromatic carbocycles. The summed E-state index contributed by atoms with van der Waals surface area (Å²) < 4.78 is 11.2. The third-order valence-corrected chi connectivity index (χ3v) is 2.41. The minimum atomic E-state index is -0.0790. The van der Waals surface area contributed by atoms with Crippen LogP contribution in [0.25, 0.3) is 0 Å². The van der Waals surface area contributed by atoms with Crippen LogP contribution in [-0.2, 0) is 9.47 Å². The lowest BCUT2D eigenvalue weighted by Gasteiger charge is -2.22. The Hall–Kier alpha value is -0.0800. The van der Waals surface area contributed by atoms with E-state index in [1.165, 1.54) is 0 Å². The zero-order valence-corrected chi connectivity index (χ0v) is 12.2. The van der Waals surface area contributed by atoms with E-state index in [1.54, 1.807) is 0 Å². The fourth-order valence-corrected chi connectivity index (χ4v) is 1.11. The third-order valence-electron chi connectivity index (χ3n) is 2.41. The third kappa shape index (κ3) is 12.0. The zero-order chi connectivity index (χ0) is 12.8. The van der Waals surface area contributed by atoms with E-state index in [-0.39, 0.29) is 6.29 Å². The Kier molecular flexibility index (Phi) is 6.57. The topological polar surface area (TPSA) is 18.5 Å². The van der Waals surface area contributed by atoms with Crippen LogP contribution in [0.4, 0.5) is 0 Å². The van der Waals surface area contributed by atoms with E-state index in [1.807, 2.05) is 6.92 Å². The lowest BCUT2D eigenvalue weighted by atomic mass is 9.93. The zero-order valence-electron chi connectivity index (χ0n) is 12.2. The van der Waals surface area contributed by atoms with Crippen LogP contribution >= 0.6 is 0 Å². The number of rotatable bonds is 6. The van der Waals surface area contributed by atoms with Crippen molar-refractivity contribution in [1.29, 1.82) is 0 Å². The maximum absolute atomic E-state index is 5.61. The van der Waals surface area contributed by atoms with Crippen LogP contribution in [0.5, 0.6) is 0 Å². The first-order valence-electron chi connectivity index (χ1n) is 6.33. The second-order valence-electron chi connectivity index (χ2n) is 6.93. The fourth-order valence-electron chi connectivity index (χ4n) is 1.11. The molecule has 0 spiro atoms. The number of hydrogen-bond donors (Lipinski definition) is 0. The smallest absolute Gasteiger partial charge is 0.154 e. The van der Waals surface area contributed by atoms with Gasteiger partial charge in [-0.05, 0) is 30.6 Å². The van der Waals surface area contributed by atoms with Gasteiger partial charge in [0.2, 0.25) is 0 Å². The summed E-state index contributed by atoms with van der Waals surface area (Å²) in [6.07, 6.45) is 2.06. The first-order valence-corrected chi connectivity index (χ1v) is 6.33. The summed E-state index contributed by atoms with van der Waals surface area (Å²) in [5, 5.41) is 0. The van der Waals surface area contributed by atoms with Crippen LogP contribution in [0.1, 0.15) is 61.3 Å². The molecule has 2 heteroatoms. The van der Waals surface area contributed by atoms with E-state index in [0.717, 1.165) is 26.1 Å². The van der Waals surface area contributed by atoms with E-state index in [0.29, 0.717) is 10.8 Å². The Morgan fingerprint density at radius 3 is 1.31 bits per heavy atom. The van der Waals surface area contributed by atoms with Crippen LogP contribution in [0.15, 0.2) is 0 Å². The van der Waals surface area contributed by atoms with Crippen molar-refractivity contribution < 1.29 is 9.47 Å². The van der Waals surface area contributed by atoms with Gasteiger partial charge in [0.25, 0.3) is 0 Å². The molecule has 98 valence electrons. The molecule has 0 fully saturated rings. The summed E-state index contributed by atoms with van der Waals surface area (Å²) in [4.78, 5) is 0. The predicted molar refractivity (Wildman–Crippen MR) is 69.5 cm³/mol. The van der Waals surface area contributed by atoms with Gasteiger partial charge in [0, 0.05) is 0 Å². The van der Waals surface area contributed by atoms with Gasteiger partial charge < -0.3 is 9.47 Å². The van der Waals surface area contributed by atoms with Gasteiger partial charge in [-0.1, -0.05) is 41.5 Å². The van der Waals surface area contributed by atoms with Crippen molar-refractivity contribution in [3.63, 3.8) is 0 Å². The van der Waals surface area contributed by atoms with E-state index < -0.39 is 0 Å². The molecule has 0 bridgehead atoms. The molecule has 0 atom stereocenters. The second-order valence-corrected chi connectivity index (χ2v) is 6.93. The SMILES string of the molecule is CC(OCCC(C)(C)C)OCCC(C)(C)C. The van der Waals surface area contributed by atoms with E-state index in [9.17, 15) is 0 Å². The highest BCUT2D eigenvalue weighted by atomic mass is 16.7. The van der Waals surface area contributed by atoms with Gasteiger partial charge in [-0.3, -0.25) is 0 Å². The molecule has 0 N–H and O–H groups in total. The molecule has 0 amide bonds. The summed E-state index contributed by atoms with van der Waals surface area (Å²) in [7, 11) is 0. The molecule has 0 aromatic heterocycles. The minimum Gasteiger partial charge on any atom is -0.353 e. The summed E-state index contributed by atoms with van der Waals surface area (Å²) in [5.74, 6) is 0. The van der Waals surface area contributed by atoms with E-state index >= 15 is 0 Å². The average molecular weight is 230 g/mol. The lowest BCUT2D eigenvalue weighted by molar-refractivity contribution is -0.137. The van der Waals surface area contributed by atoms with Crippen molar-refractivity contribution in [3.8, 4) is 0 Å². The first-order chi connectivity index (χ1) is 7.10. The molecule has 0 aliphatic carbocycles. The highest BCUT2D eigenvalue weighted by Crippen LogP contribution is 2.20. The molecular weight excluding hydrogens is 200 g/mol. The van der Waals surface area contributed by atoms with Gasteiger partial charge in [-0.15, -0.1) is 0 Å². The van der Waals surface area contributed by atoms with Crippen LogP contribution in [-0.4, -0.2) is 19.5 Å². The maximum Gasteiger partial charge on any atom is 0.154 e. The minimum absolute atomic E-state index is 0.0790.